The van der Waals surface area contributed by atoms with Crippen LogP contribution in [0.25, 0.3) is 0 Å². The number of carbonyl (C=O) groups is 2. The molecule has 0 bridgehead atoms. The zero-order valence-electron chi connectivity index (χ0n) is 12.5. The number of anilines is 1. The molecule has 0 radical (unpaired) electrons. The second-order valence-electron chi connectivity index (χ2n) is 4.40. The third kappa shape index (κ3) is 4.79. The van der Waals surface area contributed by atoms with E-state index in [1.54, 1.807) is 25.1 Å². The number of nitrogens with zero attached hydrogens (tertiary/aromatic N) is 1. The van der Waals surface area contributed by atoms with Gasteiger partial charge in [0.15, 0.2) is 0 Å². The highest BCUT2D eigenvalue weighted by Gasteiger charge is 2.13. The molecule has 0 aliphatic rings. The molecule has 0 atom stereocenters. The molecular formula is C15H16ClN3O3. The second-order valence-corrected chi connectivity index (χ2v) is 4.84. The minimum absolute atomic E-state index is 0.131. The van der Waals surface area contributed by atoms with Gasteiger partial charge >= 0.3 is 6.09 Å². The Labute approximate surface area is 133 Å². The lowest BCUT2D eigenvalue weighted by Crippen LogP contribution is -2.32. The number of halogens is 1. The third-order valence-electron chi connectivity index (χ3n) is 2.71. The van der Waals surface area contributed by atoms with E-state index in [-0.39, 0.29) is 12.2 Å². The van der Waals surface area contributed by atoms with Crippen LogP contribution in [0.1, 0.15) is 18.1 Å². The number of nitrogens with one attached hydrogen (secondary N) is 2. The zero-order valence-corrected chi connectivity index (χ0v) is 13.2. The van der Waals surface area contributed by atoms with Crippen molar-refractivity contribution < 1.29 is 14.3 Å². The molecular weight excluding hydrogens is 306 g/mol. The summed E-state index contributed by atoms with van der Waals surface area (Å²) in [6, 6.07) is 5.24. The molecule has 0 unspecified atom stereocenters. The Morgan fingerprint density at radius 3 is 2.45 bits per heavy atom. The van der Waals surface area contributed by atoms with E-state index >= 15 is 0 Å². The topological polar surface area (TPSA) is 91.2 Å². The SMILES string of the molecule is CCOC(=O)NC(=O)/C(C#N)=C\Nc1c(C)cc(Cl)cc1C. The van der Waals surface area contributed by atoms with Crippen LogP contribution in [0.2, 0.25) is 5.02 Å². The second kappa shape index (κ2) is 8.05. The molecule has 2 amide bonds. The first-order valence-corrected chi connectivity index (χ1v) is 6.88. The van der Waals surface area contributed by atoms with E-state index in [1.807, 2.05) is 19.2 Å². The number of nitriles is 1. The quantitative estimate of drug-likeness (QED) is 0.657. The van der Waals surface area contributed by atoms with E-state index in [0.29, 0.717) is 5.02 Å². The molecule has 0 aliphatic heterocycles. The Morgan fingerprint density at radius 1 is 1.36 bits per heavy atom. The summed E-state index contributed by atoms with van der Waals surface area (Å²) in [6.07, 6.45) is 0.338. The van der Waals surface area contributed by atoms with Crippen molar-refractivity contribution in [2.45, 2.75) is 20.8 Å². The molecule has 0 saturated heterocycles. The molecule has 1 rings (SSSR count). The smallest absolute Gasteiger partial charge is 0.414 e. The van der Waals surface area contributed by atoms with Gasteiger partial charge in [0.25, 0.3) is 5.91 Å². The summed E-state index contributed by atoms with van der Waals surface area (Å²) < 4.78 is 4.58. The normalized spacial score (nSPS) is 10.6. The molecule has 7 heteroatoms. The molecule has 0 aromatic heterocycles. The van der Waals surface area contributed by atoms with E-state index in [0.717, 1.165) is 16.8 Å². The van der Waals surface area contributed by atoms with Gasteiger partial charge < -0.3 is 10.1 Å². The van der Waals surface area contributed by atoms with Crippen molar-refractivity contribution >= 4 is 29.3 Å². The number of imide groups is 1. The molecule has 0 spiro atoms. The van der Waals surface area contributed by atoms with Gasteiger partial charge in [0, 0.05) is 16.9 Å². The average Bonchev–Trinajstić information content (AvgIpc) is 2.41. The summed E-state index contributed by atoms with van der Waals surface area (Å²) in [7, 11) is 0. The summed E-state index contributed by atoms with van der Waals surface area (Å²) in [6.45, 7) is 5.43. The fraction of sp³-hybridized carbons (Fsp3) is 0.267. The first-order chi connectivity index (χ1) is 10.4. The fourth-order valence-corrected chi connectivity index (χ4v) is 2.09. The Hall–Kier alpha value is -2.52. The largest absolute Gasteiger partial charge is 0.450 e. The Morgan fingerprint density at radius 2 is 1.95 bits per heavy atom. The van der Waals surface area contributed by atoms with Gasteiger partial charge in [-0.1, -0.05) is 11.6 Å². The van der Waals surface area contributed by atoms with Crippen molar-refractivity contribution in [1.82, 2.24) is 5.32 Å². The van der Waals surface area contributed by atoms with Crippen LogP contribution in [0.3, 0.4) is 0 Å². The van der Waals surface area contributed by atoms with Crippen LogP contribution >= 0.6 is 11.6 Å². The minimum Gasteiger partial charge on any atom is -0.450 e. The number of ether oxygens (including phenoxy) is 1. The summed E-state index contributed by atoms with van der Waals surface area (Å²) in [4.78, 5) is 22.9. The zero-order chi connectivity index (χ0) is 16.7. The lowest BCUT2D eigenvalue weighted by Gasteiger charge is -2.10. The highest BCUT2D eigenvalue weighted by atomic mass is 35.5. The summed E-state index contributed by atoms with van der Waals surface area (Å²) in [5.41, 5.74) is 2.22. The number of amides is 2. The number of hydrogen-bond donors (Lipinski definition) is 2. The number of benzene rings is 1. The van der Waals surface area contributed by atoms with Gasteiger partial charge in [-0.05, 0) is 44.0 Å². The van der Waals surface area contributed by atoms with Crippen LogP contribution in [0.15, 0.2) is 23.9 Å². The molecule has 22 heavy (non-hydrogen) atoms. The standard InChI is InChI=1S/C15H16ClN3O3/c1-4-22-15(21)19-14(20)11(7-17)8-18-13-9(2)5-12(16)6-10(13)3/h5-6,8,18H,4H2,1-3H3,(H,19,20,21)/b11-8-. The lowest BCUT2D eigenvalue weighted by atomic mass is 10.1. The highest BCUT2D eigenvalue weighted by Crippen LogP contribution is 2.24. The minimum atomic E-state index is -0.896. The molecule has 2 N–H and O–H groups in total. The van der Waals surface area contributed by atoms with Crippen LogP contribution in [0, 0.1) is 25.2 Å². The predicted octanol–water partition coefficient (Wildman–Crippen LogP) is 3.05. The van der Waals surface area contributed by atoms with Crippen molar-refractivity contribution in [3.8, 4) is 6.07 Å². The van der Waals surface area contributed by atoms with Gasteiger partial charge in [0.2, 0.25) is 0 Å². The monoisotopic (exact) mass is 321 g/mol. The van der Waals surface area contributed by atoms with Gasteiger partial charge in [-0.15, -0.1) is 0 Å². The highest BCUT2D eigenvalue weighted by molar-refractivity contribution is 6.30. The average molecular weight is 322 g/mol. The molecule has 6 nitrogen and oxygen atoms in total. The van der Waals surface area contributed by atoms with E-state index in [1.165, 1.54) is 6.20 Å². The first kappa shape index (κ1) is 17.5. The van der Waals surface area contributed by atoms with E-state index in [2.05, 4.69) is 10.1 Å². The van der Waals surface area contributed by atoms with Gasteiger partial charge in [0.05, 0.1) is 6.61 Å². The molecule has 0 aliphatic carbocycles. The van der Waals surface area contributed by atoms with Crippen molar-refractivity contribution in [3.05, 3.63) is 40.1 Å². The molecule has 0 saturated carbocycles. The Bertz CT molecular complexity index is 639. The van der Waals surface area contributed by atoms with Crippen LogP contribution in [0.4, 0.5) is 10.5 Å². The van der Waals surface area contributed by atoms with Crippen LogP contribution in [-0.4, -0.2) is 18.6 Å². The number of alkyl carbamates (subject to hydrolysis) is 1. The predicted molar refractivity (Wildman–Crippen MR) is 83.4 cm³/mol. The van der Waals surface area contributed by atoms with Gasteiger partial charge in [-0.25, -0.2) is 4.79 Å². The summed E-state index contributed by atoms with van der Waals surface area (Å²) >= 11 is 5.94. The molecule has 0 fully saturated rings. The molecule has 0 heterocycles. The third-order valence-corrected chi connectivity index (χ3v) is 2.93. The van der Waals surface area contributed by atoms with Gasteiger partial charge in [-0.3, -0.25) is 10.1 Å². The maximum absolute atomic E-state index is 11.7. The van der Waals surface area contributed by atoms with Crippen molar-refractivity contribution in [1.29, 1.82) is 5.26 Å². The van der Waals surface area contributed by atoms with E-state index in [4.69, 9.17) is 16.9 Å². The Kier molecular flexibility index (Phi) is 6.42. The van der Waals surface area contributed by atoms with E-state index in [9.17, 15) is 9.59 Å². The number of carbonyl (C=O) groups excluding carboxylic acids is 2. The van der Waals surface area contributed by atoms with Gasteiger partial charge in [-0.2, -0.15) is 5.26 Å². The first-order valence-electron chi connectivity index (χ1n) is 6.50. The van der Waals surface area contributed by atoms with Crippen LogP contribution in [0.5, 0.6) is 0 Å². The molecule has 1 aromatic carbocycles. The van der Waals surface area contributed by atoms with Crippen molar-refractivity contribution in [2.24, 2.45) is 0 Å². The lowest BCUT2D eigenvalue weighted by molar-refractivity contribution is -0.116. The van der Waals surface area contributed by atoms with E-state index < -0.39 is 12.0 Å². The number of rotatable bonds is 4. The molecule has 1 aromatic rings. The molecule has 116 valence electrons. The van der Waals surface area contributed by atoms with Crippen molar-refractivity contribution in [2.75, 3.05) is 11.9 Å². The van der Waals surface area contributed by atoms with Crippen LogP contribution in [-0.2, 0) is 9.53 Å². The summed E-state index contributed by atoms with van der Waals surface area (Å²) in [5.74, 6) is -0.835. The van der Waals surface area contributed by atoms with Crippen molar-refractivity contribution in [3.63, 3.8) is 0 Å². The maximum Gasteiger partial charge on any atom is 0.414 e. The van der Waals surface area contributed by atoms with Gasteiger partial charge in [0.1, 0.15) is 11.6 Å². The Balaban J connectivity index is 2.89. The fourth-order valence-electron chi connectivity index (χ4n) is 1.76. The maximum atomic E-state index is 11.7. The number of aryl methyl sites for hydroxylation is 2. The van der Waals surface area contributed by atoms with Crippen LogP contribution < -0.4 is 10.6 Å². The summed E-state index contributed by atoms with van der Waals surface area (Å²) in [5, 5.41) is 14.5. The number of hydrogen-bond acceptors (Lipinski definition) is 5.